The lowest BCUT2D eigenvalue weighted by Crippen LogP contribution is -1.95. The van der Waals surface area contributed by atoms with Gasteiger partial charge in [0, 0.05) is 17.8 Å². The smallest absolute Gasteiger partial charge is 0.128 e. The second kappa shape index (κ2) is 8.83. The second-order valence-corrected chi connectivity index (χ2v) is 5.17. The zero-order valence-electron chi connectivity index (χ0n) is 13.7. The summed E-state index contributed by atoms with van der Waals surface area (Å²) in [7, 11) is 0. The van der Waals surface area contributed by atoms with Crippen molar-refractivity contribution in [2.45, 2.75) is 26.7 Å². The van der Waals surface area contributed by atoms with Gasteiger partial charge in [0.2, 0.25) is 0 Å². The normalized spacial score (nSPS) is 10.9. The van der Waals surface area contributed by atoms with Gasteiger partial charge in [-0.3, -0.25) is 4.99 Å². The fraction of sp³-hybridized carbons (Fsp3) is 0.316. The van der Waals surface area contributed by atoms with Gasteiger partial charge < -0.3 is 14.6 Å². The average Bonchev–Trinajstić information content (AvgIpc) is 2.58. The van der Waals surface area contributed by atoms with Gasteiger partial charge >= 0.3 is 0 Å². The molecular weight excluding hydrogens is 290 g/mol. The van der Waals surface area contributed by atoms with E-state index in [0.717, 1.165) is 24.3 Å². The number of benzene rings is 2. The summed E-state index contributed by atoms with van der Waals surface area (Å²) in [5, 5.41) is 10.0. The van der Waals surface area contributed by atoms with E-state index >= 15 is 0 Å². The lowest BCUT2D eigenvalue weighted by molar-refractivity contribution is 0.315. The Bertz CT molecular complexity index is 636. The third-order valence-electron chi connectivity index (χ3n) is 3.14. The lowest BCUT2D eigenvalue weighted by atomic mass is 10.2. The SMILES string of the molecule is CCCOc1ccc(N=Cc2ccc(OCCC)cc2O)cc1. The molecule has 0 fully saturated rings. The van der Waals surface area contributed by atoms with Crippen molar-refractivity contribution in [1.82, 2.24) is 0 Å². The molecule has 0 aliphatic heterocycles. The van der Waals surface area contributed by atoms with Crippen molar-refractivity contribution in [2.75, 3.05) is 13.2 Å². The lowest BCUT2D eigenvalue weighted by Gasteiger charge is -2.06. The van der Waals surface area contributed by atoms with E-state index in [-0.39, 0.29) is 5.75 Å². The first-order chi connectivity index (χ1) is 11.2. The first-order valence-corrected chi connectivity index (χ1v) is 7.95. The van der Waals surface area contributed by atoms with Gasteiger partial charge in [0.25, 0.3) is 0 Å². The van der Waals surface area contributed by atoms with Crippen molar-refractivity contribution in [3.8, 4) is 17.2 Å². The monoisotopic (exact) mass is 313 g/mol. The summed E-state index contributed by atoms with van der Waals surface area (Å²) >= 11 is 0. The Labute approximate surface area is 137 Å². The molecule has 0 saturated carbocycles. The van der Waals surface area contributed by atoms with Gasteiger partial charge in [-0.25, -0.2) is 0 Å². The third-order valence-corrected chi connectivity index (χ3v) is 3.14. The van der Waals surface area contributed by atoms with Crippen LogP contribution in [0.5, 0.6) is 17.2 Å². The van der Waals surface area contributed by atoms with Gasteiger partial charge in [-0.15, -0.1) is 0 Å². The molecular formula is C19H23NO3. The van der Waals surface area contributed by atoms with E-state index in [9.17, 15) is 5.11 Å². The van der Waals surface area contributed by atoms with E-state index in [1.54, 1.807) is 18.3 Å². The van der Waals surface area contributed by atoms with Crippen molar-refractivity contribution in [3.05, 3.63) is 48.0 Å². The van der Waals surface area contributed by atoms with Crippen LogP contribution in [0.4, 0.5) is 5.69 Å². The highest BCUT2D eigenvalue weighted by Gasteiger charge is 2.01. The quantitative estimate of drug-likeness (QED) is 0.717. The van der Waals surface area contributed by atoms with E-state index in [1.165, 1.54) is 0 Å². The number of nitrogens with zero attached hydrogens (tertiary/aromatic N) is 1. The molecule has 0 heterocycles. The zero-order chi connectivity index (χ0) is 16.5. The highest BCUT2D eigenvalue weighted by atomic mass is 16.5. The fourth-order valence-electron chi connectivity index (χ4n) is 1.93. The Hall–Kier alpha value is -2.49. The number of rotatable bonds is 8. The molecule has 1 N–H and O–H groups in total. The van der Waals surface area contributed by atoms with Crippen molar-refractivity contribution < 1.29 is 14.6 Å². The van der Waals surface area contributed by atoms with Crippen molar-refractivity contribution >= 4 is 11.9 Å². The number of phenolic OH excluding ortho intramolecular Hbond substituents is 1. The molecule has 0 amide bonds. The number of hydrogen-bond acceptors (Lipinski definition) is 4. The average molecular weight is 313 g/mol. The van der Waals surface area contributed by atoms with Crippen LogP contribution in [0.25, 0.3) is 0 Å². The van der Waals surface area contributed by atoms with Crippen LogP contribution in [-0.4, -0.2) is 24.5 Å². The summed E-state index contributed by atoms with van der Waals surface area (Å²) in [6.45, 7) is 5.46. The highest BCUT2D eigenvalue weighted by Crippen LogP contribution is 2.24. The van der Waals surface area contributed by atoms with Crippen LogP contribution < -0.4 is 9.47 Å². The van der Waals surface area contributed by atoms with E-state index < -0.39 is 0 Å². The first-order valence-electron chi connectivity index (χ1n) is 7.95. The van der Waals surface area contributed by atoms with Crippen LogP contribution in [0.2, 0.25) is 0 Å². The van der Waals surface area contributed by atoms with Gasteiger partial charge in [0.15, 0.2) is 0 Å². The van der Waals surface area contributed by atoms with E-state index in [4.69, 9.17) is 9.47 Å². The van der Waals surface area contributed by atoms with Crippen LogP contribution >= 0.6 is 0 Å². The molecule has 0 aliphatic carbocycles. The Morgan fingerprint density at radius 3 is 2.13 bits per heavy atom. The highest BCUT2D eigenvalue weighted by molar-refractivity contribution is 5.85. The minimum atomic E-state index is 0.158. The summed E-state index contributed by atoms with van der Waals surface area (Å²) < 4.78 is 11.0. The summed E-state index contributed by atoms with van der Waals surface area (Å²) in [6.07, 6.45) is 3.56. The Balaban J connectivity index is 2.01. The van der Waals surface area contributed by atoms with Crippen LogP contribution in [0.3, 0.4) is 0 Å². The zero-order valence-corrected chi connectivity index (χ0v) is 13.7. The Morgan fingerprint density at radius 1 is 0.913 bits per heavy atom. The second-order valence-electron chi connectivity index (χ2n) is 5.17. The molecule has 23 heavy (non-hydrogen) atoms. The van der Waals surface area contributed by atoms with Gasteiger partial charge in [-0.05, 0) is 49.2 Å². The maximum absolute atomic E-state index is 10.0. The largest absolute Gasteiger partial charge is 0.507 e. The predicted molar refractivity (Wildman–Crippen MR) is 93.4 cm³/mol. The molecule has 0 radical (unpaired) electrons. The Morgan fingerprint density at radius 2 is 1.52 bits per heavy atom. The summed E-state index contributed by atoms with van der Waals surface area (Å²) in [5.41, 5.74) is 1.46. The van der Waals surface area contributed by atoms with Crippen molar-refractivity contribution in [1.29, 1.82) is 0 Å². The van der Waals surface area contributed by atoms with Crippen molar-refractivity contribution in [2.24, 2.45) is 4.99 Å². The van der Waals surface area contributed by atoms with Gasteiger partial charge in [0.05, 0.1) is 18.9 Å². The number of aromatic hydroxyl groups is 1. The number of ether oxygens (including phenoxy) is 2. The van der Waals surface area contributed by atoms with Crippen LogP contribution in [0.1, 0.15) is 32.3 Å². The molecule has 0 aliphatic rings. The molecule has 4 heteroatoms. The van der Waals surface area contributed by atoms with E-state index in [2.05, 4.69) is 11.9 Å². The number of phenols is 1. The number of hydrogen-bond donors (Lipinski definition) is 1. The molecule has 2 rings (SSSR count). The molecule has 122 valence electrons. The van der Waals surface area contributed by atoms with Crippen LogP contribution in [0.15, 0.2) is 47.5 Å². The predicted octanol–water partition coefficient (Wildman–Crippen LogP) is 4.72. The third kappa shape index (κ3) is 5.33. The van der Waals surface area contributed by atoms with Crippen LogP contribution in [0, 0.1) is 0 Å². The molecule has 0 aromatic heterocycles. The summed E-state index contributed by atoms with van der Waals surface area (Å²) in [6, 6.07) is 12.8. The van der Waals surface area contributed by atoms with Gasteiger partial charge in [0.1, 0.15) is 17.2 Å². The molecule has 4 nitrogen and oxygen atoms in total. The summed E-state index contributed by atoms with van der Waals surface area (Å²) in [5.74, 6) is 1.66. The minimum Gasteiger partial charge on any atom is -0.507 e. The maximum atomic E-state index is 10.0. The molecule has 0 saturated heterocycles. The summed E-state index contributed by atoms with van der Waals surface area (Å²) in [4.78, 5) is 4.37. The molecule has 0 spiro atoms. The molecule has 0 atom stereocenters. The van der Waals surface area contributed by atoms with Crippen LogP contribution in [-0.2, 0) is 0 Å². The van der Waals surface area contributed by atoms with Gasteiger partial charge in [-0.1, -0.05) is 13.8 Å². The molecule has 0 unspecified atom stereocenters. The van der Waals surface area contributed by atoms with E-state index in [0.29, 0.717) is 24.5 Å². The van der Waals surface area contributed by atoms with Crippen molar-refractivity contribution in [3.63, 3.8) is 0 Å². The molecule has 2 aromatic carbocycles. The van der Waals surface area contributed by atoms with Gasteiger partial charge in [-0.2, -0.15) is 0 Å². The molecule has 0 bridgehead atoms. The molecule has 2 aromatic rings. The topological polar surface area (TPSA) is 51.0 Å². The Kier molecular flexibility index (Phi) is 6.48. The first kappa shape index (κ1) is 16.9. The maximum Gasteiger partial charge on any atom is 0.128 e. The number of aliphatic imine (C=N–C) groups is 1. The fourth-order valence-corrected chi connectivity index (χ4v) is 1.93. The van der Waals surface area contributed by atoms with E-state index in [1.807, 2.05) is 37.3 Å². The standard InChI is InChI=1S/C19H23NO3/c1-3-11-22-17-9-6-16(7-10-17)20-14-15-5-8-18(13-19(15)21)23-12-4-2/h5-10,13-14,21H,3-4,11-12H2,1-2H3. The minimum absolute atomic E-state index is 0.158.